The van der Waals surface area contributed by atoms with E-state index in [2.05, 4.69) is 12.2 Å². The predicted molar refractivity (Wildman–Crippen MR) is 98.0 cm³/mol. The number of hydrogen-bond acceptors (Lipinski definition) is 3. The van der Waals surface area contributed by atoms with Crippen molar-refractivity contribution < 1.29 is 10.0 Å². The van der Waals surface area contributed by atoms with Crippen molar-refractivity contribution in [1.29, 1.82) is 0 Å². The van der Waals surface area contributed by atoms with Gasteiger partial charge in [0.25, 0.3) is 0 Å². The van der Waals surface area contributed by atoms with Crippen LogP contribution in [0.2, 0.25) is 0 Å². The summed E-state index contributed by atoms with van der Waals surface area (Å²) in [5, 5.41) is 20.4. The Morgan fingerprint density at radius 1 is 0.591 bits per heavy atom. The Morgan fingerprint density at radius 2 is 0.955 bits per heavy atom. The van der Waals surface area contributed by atoms with Gasteiger partial charge in [0.1, 0.15) is 0 Å². The fourth-order valence-corrected chi connectivity index (χ4v) is 2.85. The first-order valence-corrected chi connectivity index (χ1v) is 9.84. The predicted octanol–water partition coefficient (Wildman–Crippen LogP) is 4.46. The molecule has 0 aliphatic carbocycles. The minimum absolute atomic E-state index is 0.290. The van der Waals surface area contributed by atoms with Crippen molar-refractivity contribution in [3.05, 3.63) is 0 Å². The van der Waals surface area contributed by atoms with Crippen LogP contribution in [0.15, 0.2) is 0 Å². The van der Waals surface area contributed by atoms with Crippen molar-refractivity contribution in [2.24, 2.45) is 0 Å². The Morgan fingerprint density at radius 3 is 1.32 bits per heavy atom. The zero-order valence-corrected chi connectivity index (χ0v) is 15.0. The molecule has 0 aliphatic rings. The molecule has 22 heavy (non-hydrogen) atoms. The van der Waals surface area contributed by atoms with Gasteiger partial charge in [0, 0.05) is 6.44 Å². The smallest absolute Gasteiger partial charge is 0.426 e. The Kier molecular flexibility index (Phi) is 18.9. The van der Waals surface area contributed by atoms with Crippen LogP contribution < -0.4 is 5.32 Å². The Labute approximate surface area is 139 Å². The SMILES string of the molecule is CCCCCCCCCCCCCCCCCNCB(O)O. The molecule has 0 saturated carbocycles. The molecule has 0 aromatic heterocycles. The summed E-state index contributed by atoms with van der Waals surface area (Å²) < 4.78 is 0. The second kappa shape index (κ2) is 19.0. The van der Waals surface area contributed by atoms with Crippen molar-refractivity contribution in [3.63, 3.8) is 0 Å². The quantitative estimate of drug-likeness (QED) is 0.259. The van der Waals surface area contributed by atoms with Crippen LogP contribution >= 0.6 is 0 Å². The molecule has 0 unspecified atom stereocenters. The normalized spacial score (nSPS) is 11.0. The summed E-state index contributed by atoms with van der Waals surface area (Å²) in [6, 6.07) is 0. The third-order valence-corrected chi connectivity index (χ3v) is 4.28. The van der Waals surface area contributed by atoms with E-state index in [1.54, 1.807) is 0 Å². The van der Waals surface area contributed by atoms with Crippen LogP contribution in [-0.4, -0.2) is 30.2 Å². The molecule has 0 fully saturated rings. The van der Waals surface area contributed by atoms with E-state index in [1.165, 1.54) is 89.9 Å². The molecule has 0 amide bonds. The molecule has 132 valence electrons. The summed E-state index contributed by atoms with van der Waals surface area (Å²) in [5.74, 6) is 0. The second-order valence-corrected chi connectivity index (χ2v) is 6.63. The molecule has 0 aliphatic heterocycles. The topological polar surface area (TPSA) is 52.5 Å². The first-order valence-electron chi connectivity index (χ1n) is 9.84. The zero-order valence-electron chi connectivity index (χ0n) is 15.0. The molecule has 3 nitrogen and oxygen atoms in total. The van der Waals surface area contributed by atoms with Crippen LogP contribution in [0.4, 0.5) is 0 Å². The maximum Gasteiger partial charge on any atom is 0.466 e. The standard InChI is InChI=1S/C18H40BNO2/c1-2-3-4-5-6-7-8-9-10-11-12-13-14-15-16-17-20-18-19(21)22/h20-22H,2-18H2,1H3. The number of hydrogen-bond donors (Lipinski definition) is 3. The van der Waals surface area contributed by atoms with Gasteiger partial charge in [-0.25, -0.2) is 0 Å². The van der Waals surface area contributed by atoms with E-state index in [9.17, 15) is 0 Å². The third-order valence-electron chi connectivity index (χ3n) is 4.28. The molecular formula is C18H40BNO2. The fourth-order valence-electron chi connectivity index (χ4n) is 2.85. The molecule has 0 atom stereocenters. The van der Waals surface area contributed by atoms with Crippen LogP contribution in [0.25, 0.3) is 0 Å². The molecule has 0 rings (SSSR count). The van der Waals surface area contributed by atoms with Crippen LogP contribution in [0.3, 0.4) is 0 Å². The minimum Gasteiger partial charge on any atom is -0.426 e. The maximum atomic E-state index is 8.67. The van der Waals surface area contributed by atoms with E-state index < -0.39 is 7.12 Å². The number of nitrogens with one attached hydrogen (secondary N) is 1. The molecule has 0 aromatic rings. The third kappa shape index (κ3) is 19.9. The van der Waals surface area contributed by atoms with Crippen LogP contribution in [0, 0.1) is 0 Å². The monoisotopic (exact) mass is 313 g/mol. The van der Waals surface area contributed by atoms with Crippen molar-refractivity contribution >= 4 is 7.12 Å². The van der Waals surface area contributed by atoms with Gasteiger partial charge in [-0.3, -0.25) is 0 Å². The van der Waals surface area contributed by atoms with Gasteiger partial charge in [0.2, 0.25) is 0 Å². The highest BCUT2D eigenvalue weighted by atomic mass is 16.4. The summed E-state index contributed by atoms with van der Waals surface area (Å²) in [5.41, 5.74) is 0. The largest absolute Gasteiger partial charge is 0.466 e. The molecule has 0 saturated heterocycles. The molecule has 3 N–H and O–H groups in total. The highest BCUT2D eigenvalue weighted by molar-refractivity contribution is 6.41. The van der Waals surface area contributed by atoms with E-state index in [-0.39, 0.29) is 0 Å². The lowest BCUT2D eigenvalue weighted by Crippen LogP contribution is -2.31. The zero-order chi connectivity index (χ0) is 16.3. The van der Waals surface area contributed by atoms with Gasteiger partial charge in [-0.1, -0.05) is 96.8 Å². The fraction of sp³-hybridized carbons (Fsp3) is 1.00. The van der Waals surface area contributed by atoms with Gasteiger partial charge in [0.15, 0.2) is 0 Å². The Balaban J connectivity index is 2.94. The lowest BCUT2D eigenvalue weighted by Gasteiger charge is -2.04. The van der Waals surface area contributed by atoms with Crippen LogP contribution in [-0.2, 0) is 0 Å². The summed E-state index contributed by atoms with van der Waals surface area (Å²) in [7, 11) is -1.21. The van der Waals surface area contributed by atoms with Gasteiger partial charge in [-0.2, -0.15) is 0 Å². The lowest BCUT2D eigenvalue weighted by atomic mass is 9.92. The average molecular weight is 313 g/mol. The van der Waals surface area contributed by atoms with Crippen molar-refractivity contribution in [2.75, 3.05) is 13.0 Å². The average Bonchev–Trinajstić information content (AvgIpc) is 2.50. The van der Waals surface area contributed by atoms with E-state index >= 15 is 0 Å². The number of unbranched alkanes of at least 4 members (excludes halogenated alkanes) is 14. The van der Waals surface area contributed by atoms with Gasteiger partial charge >= 0.3 is 7.12 Å². The highest BCUT2D eigenvalue weighted by Gasteiger charge is 2.03. The summed E-state index contributed by atoms with van der Waals surface area (Å²) >= 11 is 0. The Bertz CT molecular complexity index is 204. The summed E-state index contributed by atoms with van der Waals surface area (Å²) in [4.78, 5) is 0. The molecule has 0 bridgehead atoms. The first-order chi connectivity index (χ1) is 10.8. The molecule has 0 aromatic carbocycles. The summed E-state index contributed by atoms with van der Waals surface area (Å²) in [6.07, 6.45) is 21.0. The molecular weight excluding hydrogens is 273 g/mol. The van der Waals surface area contributed by atoms with Crippen molar-refractivity contribution in [1.82, 2.24) is 5.32 Å². The first kappa shape index (κ1) is 21.9. The highest BCUT2D eigenvalue weighted by Crippen LogP contribution is 2.13. The van der Waals surface area contributed by atoms with Crippen molar-refractivity contribution in [3.8, 4) is 0 Å². The number of rotatable bonds is 18. The molecule has 0 heterocycles. The van der Waals surface area contributed by atoms with Gasteiger partial charge in [0.05, 0.1) is 0 Å². The molecule has 0 spiro atoms. The van der Waals surface area contributed by atoms with Gasteiger partial charge < -0.3 is 15.4 Å². The second-order valence-electron chi connectivity index (χ2n) is 6.63. The van der Waals surface area contributed by atoms with Crippen LogP contribution in [0.1, 0.15) is 103 Å². The molecule has 4 heteroatoms. The van der Waals surface area contributed by atoms with E-state index in [1.807, 2.05) is 0 Å². The molecule has 0 radical (unpaired) electrons. The van der Waals surface area contributed by atoms with Crippen LogP contribution in [0.5, 0.6) is 0 Å². The Hall–Kier alpha value is -0.0551. The van der Waals surface area contributed by atoms with E-state index in [0.29, 0.717) is 6.44 Å². The lowest BCUT2D eigenvalue weighted by molar-refractivity contribution is 0.398. The maximum absolute atomic E-state index is 8.67. The minimum atomic E-state index is -1.21. The van der Waals surface area contributed by atoms with E-state index in [0.717, 1.165) is 13.0 Å². The van der Waals surface area contributed by atoms with Crippen molar-refractivity contribution in [2.45, 2.75) is 103 Å². The van der Waals surface area contributed by atoms with E-state index in [4.69, 9.17) is 10.0 Å². The summed E-state index contributed by atoms with van der Waals surface area (Å²) in [6.45, 7) is 3.18. The van der Waals surface area contributed by atoms with Gasteiger partial charge in [-0.15, -0.1) is 0 Å². The van der Waals surface area contributed by atoms with Gasteiger partial charge in [-0.05, 0) is 13.0 Å².